The van der Waals surface area contributed by atoms with E-state index in [1.807, 2.05) is 121 Å². The van der Waals surface area contributed by atoms with Gasteiger partial charge in [-0.1, -0.05) is 148 Å². The van der Waals surface area contributed by atoms with Gasteiger partial charge in [0.05, 0.1) is 13.2 Å². The second-order valence-corrected chi connectivity index (χ2v) is 11.5. The molecule has 0 heterocycles. The fourth-order valence-electron chi connectivity index (χ4n) is 5.09. The van der Waals surface area contributed by atoms with Crippen LogP contribution < -0.4 is 9.47 Å². The molecule has 0 aliphatic carbocycles. The molecular weight excluding hydrogens is 568 g/mol. The lowest BCUT2D eigenvalue weighted by molar-refractivity contribution is 0.103. The number of ketones is 2. The first-order valence-electron chi connectivity index (χ1n) is 16.7. The number of ether oxygens (including phenoxy) is 2. The van der Waals surface area contributed by atoms with Gasteiger partial charge in [-0.05, 0) is 60.4 Å². The number of hydrogen-bond acceptors (Lipinski definition) is 4. The Balaban J connectivity index is 0.940. The molecule has 238 valence electrons. The van der Waals surface area contributed by atoms with Crippen LogP contribution >= 0.6 is 0 Å². The average molecular weight is 615 g/mol. The van der Waals surface area contributed by atoms with Crippen molar-refractivity contribution in [2.24, 2.45) is 0 Å². The normalized spacial score (nSPS) is 11.2. The highest BCUT2D eigenvalue weighted by atomic mass is 16.5. The van der Waals surface area contributed by atoms with Gasteiger partial charge < -0.3 is 9.47 Å². The van der Waals surface area contributed by atoms with Crippen LogP contribution in [0.5, 0.6) is 11.5 Å². The summed E-state index contributed by atoms with van der Waals surface area (Å²) in [5.41, 5.74) is 3.35. The van der Waals surface area contributed by atoms with E-state index >= 15 is 0 Å². The van der Waals surface area contributed by atoms with E-state index in [-0.39, 0.29) is 11.6 Å². The molecular formula is C42H46O4. The van der Waals surface area contributed by atoms with E-state index < -0.39 is 0 Å². The Morgan fingerprint density at radius 3 is 1.09 bits per heavy atom. The van der Waals surface area contributed by atoms with Gasteiger partial charge in [0.25, 0.3) is 0 Å². The number of carbonyl (C=O) groups excluding carboxylic acids is 2. The number of rotatable bonds is 21. The largest absolute Gasteiger partial charge is 0.494 e. The molecule has 4 aromatic rings. The fourth-order valence-corrected chi connectivity index (χ4v) is 5.09. The maximum absolute atomic E-state index is 12.2. The standard InChI is InChI=1S/C42H46O4/c43-41(37-17-11-9-12-18-37)31-25-35-21-27-39(28-22-35)45-33-15-7-5-3-1-2-4-6-8-16-34-46-40-29-23-36(24-30-40)26-32-42(44)38-19-13-10-14-20-38/h9-14,17-32H,1-8,15-16,33-34H2/b31-25+,32-26+. The Hall–Kier alpha value is -4.70. The first kappa shape index (κ1) is 34.2. The van der Waals surface area contributed by atoms with E-state index in [4.69, 9.17) is 9.47 Å². The third-order valence-corrected chi connectivity index (χ3v) is 7.81. The maximum Gasteiger partial charge on any atom is 0.185 e. The first-order chi connectivity index (χ1) is 22.7. The second kappa shape index (κ2) is 20.4. The summed E-state index contributed by atoms with van der Waals surface area (Å²) in [6, 6.07) is 34.4. The smallest absolute Gasteiger partial charge is 0.185 e. The average Bonchev–Trinajstić information content (AvgIpc) is 3.11. The van der Waals surface area contributed by atoms with E-state index in [0.717, 1.165) is 48.7 Å². The summed E-state index contributed by atoms with van der Waals surface area (Å²) >= 11 is 0. The molecule has 0 radical (unpaired) electrons. The molecule has 0 amide bonds. The van der Waals surface area contributed by atoms with E-state index in [9.17, 15) is 9.59 Å². The van der Waals surface area contributed by atoms with Crippen molar-refractivity contribution in [3.63, 3.8) is 0 Å². The minimum absolute atomic E-state index is 0.00589. The minimum atomic E-state index is 0.00589. The maximum atomic E-state index is 12.2. The quantitative estimate of drug-likeness (QED) is 0.0532. The minimum Gasteiger partial charge on any atom is -0.494 e. The predicted molar refractivity (Wildman–Crippen MR) is 190 cm³/mol. The summed E-state index contributed by atoms with van der Waals surface area (Å²) < 4.78 is 11.8. The predicted octanol–water partition coefficient (Wildman–Crippen LogP) is 10.8. The van der Waals surface area contributed by atoms with Gasteiger partial charge in [-0.2, -0.15) is 0 Å². The summed E-state index contributed by atoms with van der Waals surface area (Å²) in [6.07, 6.45) is 19.1. The van der Waals surface area contributed by atoms with Crippen LogP contribution in [0.1, 0.15) is 96.1 Å². The van der Waals surface area contributed by atoms with Crippen molar-refractivity contribution in [2.45, 2.75) is 64.2 Å². The van der Waals surface area contributed by atoms with Crippen molar-refractivity contribution in [3.05, 3.63) is 144 Å². The third-order valence-electron chi connectivity index (χ3n) is 7.81. The number of carbonyl (C=O) groups is 2. The molecule has 0 aliphatic rings. The molecule has 0 N–H and O–H groups in total. The Kier molecular flexibility index (Phi) is 15.1. The molecule has 4 nitrogen and oxygen atoms in total. The summed E-state index contributed by atoms with van der Waals surface area (Å²) in [5, 5.41) is 0. The highest BCUT2D eigenvalue weighted by Gasteiger charge is 2.02. The zero-order valence-electron chi connectivity index (χ0n) is 26.8. The Bertz CT molecular complexity index is 1370. The van der Waals surface area contributed by atoms with Crippen LogP contribution in [0.2, 0.25) is 0 Å². The summed E-state index contributed by atoms with van der Waals surface area (Å²) in [7, 11) is 0. The number of hydrogen-bond donors (Lipinski definition) is 0. The van der Waals surface area contributed by atoms with Gasteiger partial charge in [0.2, 0.25) is 0 Å². The molecule has 0 atom stereocenters. The lowest BCUT2D eigenvalue weighted by atomic mass is 10.1. The third kappa shape index (κ3) is 13.1. The van der Waals surface area contributed by atoms with Crippen molar-refractivity contribution in [3.8, 4) is 11.5 Å². The van der Waals surface area contributed by atoms with Gasteiger partial charge in [0.1, 0.15) is 11.5 Å². The van der Waals surface area contributed by atoms with E-state index in [1.54, 1.807) is 12.2 Å². The second-order valence-electron chi connectivity index (χ2n) is 11.5. The molecule has 4 heteroatoms. The van der Waals surface area contributed by atoms with Crippen molar-refractivity contribution in [1.29, 1.82) is 0 Å². The zero-order chi connectivity index (χ0) is 32.1. The first-order valence-corrected chi connectivity index (χ1v) is 16.7. The molecule has 0 spiro atoms. The van der Waals surface area contributed by atoms with Gasteiger partial charge in [-0.3, -0.25) is 9.59 Å². The molecule has 0 aliphatic heterocycles. The molecule has 4 rings (SSSR count). The van der Waals surface area contributed by atoms with Crippen molar-refractivity contribution < 1.29 is 19.1 Å². The molecule has 4 aromatic carbocycles. The molecule has 0 unspecified atom stereocenters. The topological polar surface area (TPSA) is 52.6 Å². The lowest BCUT2D eigenvalue weighted by Crippen LogP contribution is -1.97. The van der Waals surface area contributed by atoms with E-state index in [2.05, 4.69) is 0 Å². The number of allylic oxidation sites excluding steroid dienone is 2. The molecule has 0 aromatic heterocycles. The number of unbranched alkanes of at least 4 members (excludes halogenated alkanes) is 9. The lowest BCUT2D eigenvalue weighted by Gasteiger charge is -2.07. The van der Waals surface area contributed by atoms with Crippen LogP contribution in [-0.2, 0) is 0 Å². The van der Waals surface area contributed by atoms with Crippen LogP contribution in [0, 0.1) is 0 Å². The van der Waals surface area contributed by atoms with Gasteiger partial charge in [-0.15, -0.1) is 0 Å². The van der Waals surface area contributed by atoms with Crippen LogP contribution in [0.25, 0.3) is 12.2 Å². The SMILES string of the molecule is O=C(/C=C/c1ccc(OCCCCCCCCCCCCOc2ccc(/C=C/C(=O)c3ccccc3)cc2)cc1)c1ccccc1. The summed E-state index contributed by atoms with van der Waals surface area (Å²) in [6.45, 7) is 1.47. The van der Waals surface area contributed by atoms with E-state index in [1.165, 1.54) is 51.4 Å². The molecule has 0 bridgehead atoms. The van der Waals surface area contributed by atoms with Crippen LogP contribution in [-0.4, -0.2) is 24.8 Å². The summed E-state index contributed by atoms with van der Waals surface area (Å²) in [4.78, 5) is 24.4. The van der Waals surface area contributed by atoms with Crippen LogP contribution in [0.3, 0.4) is 0 Å². The van der Waals surface area contributed by atoms with Crippen molar-refractivity contribution in [2.75, 3.05) is 13.2 Å². The molecule has 0 fully saturated rings. The highest BCUT2D eigenvalue weighted by Crippen LogP contribution is 2.17. The summed E-state index contributed by atoms with van der Waals surface area (Å²) in [5.74, 6) is 1.75. The highest BCUT2D eigenvalue weighted by molar-refractivity contribution is 6.07. The Morgan fingerprint density at radius 2 is 0.739 bits per heavy atom. The van der Waals surface area contributed by atoms with Crippen molar-refractivity contribution in [1.82, 2.24) is 0 Å². The van der Waals surface area contributed by atoms with Gasteiger partial charge in [-0.25, -0.2) is 0 Å². The van der Waals surface area contributed by atoms with Gasteiger partial charge in [0.15, 0.2) is 11.6 Å². The van der Waals surface area contributed by atoms with E-state index in [0.29, 0.717) is 11.1 Å². The Labute approximate surface area is 274 Å². The van der Waals surface area contributed by atoms with Crippen LogP contribution in [0.4, 0.5) is 0 Å². The molecule has 0 saturated heterocycles. The zero-order valence-corrected chi connectivity index (χ0v) is 26.8. The molecule has 0 saturated carbocycles. The molecule has 46 heavy (non-hydrogen) atoms. The Morgan fingerprint density at radius 1 is 0.413 bits per heavy atom. The van der Waals surface area contributed by atoms with Gasteiger partial charge >= 0.3 is 0 Å². The fraction of sp³-hybridized carbons (Fsp3) is 0.286. The van der Waals surface area contributed by atoms with Gasteiger partial charge in [0, 0.05) is 11.1 Å². The monoisotopic (exact) mass is 614 g/mol. The van der Waals surface area contributed by atoms with Crippen molar-refractivity contribution >= 4 is 23.7 Å². The van der Waals surface area contributed by atoms with Crippen LogP contribution in [0.15, 0.2) is 121 Å². The number of benzene rings is 4.